The molecule has 0 heterocycles. The average Bonchev–Trinajstić information content (AvgIpc) is 3.33. The number of nitrogens with zero attached hydrogens (tertiary/aromatic N) is 1. The second-order valence-electron chi connectivity index (χ2n) is 11.5. The van der Waals surface area contributed by atoms with Gasteiger partial charge in [-0.15, -0.1) is 0 Å². The number of hydrogen-bond donors (Lipinski definition) is 3. The summed E-state index contributed by atoms with van der Waals surface area (Å²) in [5.74, 6) is -0.671. The number of carbonyl (C=O) groups excluding carboxylic acids is 2. The van der Waals surface area contributed by atoms with Crippen LogP contribution in [0.1, 0.15) is 33.3 Å². The summed E-state index contributed by atoms with van der Waals surface area (Å²) in [7, 11) is 1.60. The zero-order chi connectivity index (χ0) is 26.2. The minimum atomic E-state index is -2.19. The summed E-state index contributed by atoms with van der Waals surface area (Å²) in [4.78, 5) is 28.9. The lowest BCUT2D eigenvalue weighted by molar-refractivity contribution is -0.173. The van der Waals surface area contributed by atoms with Crippen molar-refractivity contribution in [3.63, 3.8) is 0 Å². The highest BCUT2D eigenvalue weighted by Gasteiger charge is 2.74. The number of aliphatic hydroxyl groups is 3. The number of ether oxygens (including phenoxy) is 1. The Balaban J connectivity index is 1.56. The zero-order valence-corrected chi connectivity index (χ0v) is 21.4. The minimum Gasteiger partial charge on any atom is -0.438 e. The van der Waals surface area contributed by atoms with Crippen molar-refractivity contribution in [2.45, 2.75) is 52.0 Å². The van der Waals surface area contributed by atoms with E-state index in [2.05, 4.69) is 13.8 Å². The summed E-state index contributed by atoms with van der Waals surface area (Å²) in [6.07, 6.45) is 1.81. The second-order valence-corrected chi connectivity index (χ2v) is 11.5. The fourth-order valence-electron chi connectivity index (χ4n) is 7.11. The molecule has 0 radical (unpaired) electrons. The van der Waals surface area contributed by atoms with Crippen LogP contribution in [0.15, 0.2) is 65.3 Å². The minimum absolute atomic E-state index is 0.00253. The Morgan fingerprint density at radius 1 is 1.14 bits per heavy atom. The number of benzene rings is 1. The van der Waals surface area contributed by atoms with E-state index in [0.717, 1.165) is 5.56 Å². The maximum Gasteiger partial charge on any atom is 0.410 e. The molecule has 0 saturated heterocycles. The molecule has 1 fully saturated rings. The molecule has 4 aliphatic rings. The van der Waals surface area contributed by atoms with Gasteiger partial charge < -0.3 is 25.0 Å². The molecule has 5 rings (SSSR count). The van der Waals surface area contributed by atoms with Crippen molar-refractivity contribution in [1.82, 2.24) is 4.90 Å². The Morgan fingerprint density at radius 2 is 1.81 bits per heavy atom. The van der Waals surface area contributed by atoms with E-state index in [1.54, 1.807) is 26.1 Å². The van der Waals surface area contributed by atoms with Gasteiger partial charge in [0.2, 0.25) is 0 Å². The molecule has 1 amide bonds. The van der Waals surface area contributed by atoms with Gasteiger partial charge in [0.25, 0.3) is 0 Å². The Hall–Kier alpha value is -2.74. The third-order valence-corrected chi connectivity index (χ3v) is 9.15. The predicted octanol–water partition coefficient (Wildman–Crippen LogP) is 3.01. The van der Waals surface area contributed by atoms with Crippen LogP contribution in [0.25, 0.3) is 0 Å². The molecule has 0 aliphatic heterocycles. The van der Waals surface area contributed by atoms with Gasteiger partial charge in [-0.25, -0.2) is 4.79 Å². The van der Waals surface area contributed by atoms with E-state index in [1.165, 1.54) is 4.90 Å². The summed E-state index contributed by atoms with van der Waals surface area (Å²) in [6.45, 7) is 7.51. The van der Waals surface area contributed by atoms with Gasteiger partial charge in [0, 0.05) is 19.5 Å². The number of ketones is 1. The second kappa shape index (κ2) is 8.13. The molecule has 4 aliphatic carbocycles. The first-order chi connectivity index (χ1) is 16.9. The van der Waals surface area contributed by atoms with Crippen molar-refractivity contribution >= 4 is 11.9 Å². The average molecular weight is 494 g/mol. The lowest BCUT2D eigenvalue weighted by Crippen LogP contribution is -2.64. The summed E-state index contributed by atoms with van der Waals surface area (Å²) in [6, 6.07) is 9.44. The number of aliphatic hydroxyl groups excluding tert-OH is 2. The maximum atomic E-state index is 14.3. The van der Waals surface area contributed by atoms with E-state index in [-0.39, 0.29) is 28.6 Å². The van der Waals surface area contributed by atoms with Crippen LogP contribution in [0, 0.1) is 28.6 Å². The molecule has 1 aromatic rings. The van der Waals surface area contributed by atoms with Crippen molar-refractivity contribution < 1.29 is 29.6 Å². The SMILES string of the molecule is CC1=C[C@]23C(=O)[C@@H](C=C(CO)[C@@H](O)[C@]2(O)[C@H]1OC(=O)N(C)Cc1ccccc1)[C@H]1[C@@H](C=C3C)C1(C)C. The van der Waals surface area contributed by atoms with Crippen LogP contribution in [-0.4, -0.2) is 63.6 Å². The van der Waals surface area contributed by atoms with Gasteiger partial charge in [-0.2, -0.15) is 0 Å². The first kappa shape index (κ1) is 24.9. The molecule has 1 spiro atoms. The number of fused-ring (bicyclic) bond motifs is 3. The van der Waals surface area contributed by atoms with E-state index in [0.29, 0.717) is 17.7 Å². The molecule has 2 bridgehead atoms. The highest BCUT2D eigenvalue weighted by atomic mass is 16.6. The highest BCUT2D eigenvalue weighted by Crippen LogP contribution is 2.69. The largest absolute Gasteiger partial charge is 0.438 e. The van der Waals surface area contributed by atoms with Gasteiger partial charge in [0.1, 0.15) is 11.5 Å². The summed E-state index contributed by atoms with van der Waals surface area (Å²) >= 11 is 0. The lowest BCUT2D eigenvalue weighted by Gasteiger charge is -2.46. The van der Waals surface area contributed by atoms with Crippen molar-refractivity contribution in [2.24, 2.45) is 28.6 Å². The van der Waals surface area contributed by atoms with Crippen molar-refractivity contribution in [1.29, 1.82) is 0 Å². The van der Waals surface area contributed by atoms with E-state index in [9.17, 15) is 24.9 Å². The molecule has 0 aromatic heterocycles. The van der Waals surface area contributed by atoms with E-state index >= 15 is 0 Å². The Bertz CT molecular complexity index is 1200. The molecule has 3 N–H and O–H groups in total. The van der Waals surface area contributed by atoms with E-state index < -0.39 is 41.8 Å². The normalized spacial score (nSPS) is 37.9. The quantitative estimate of drug-likeness (QED) is 0.557. The van der Waals surface area contributed by atoms with Gasteiger partial charge in [-0.1, -0.05) is 68.0 Å². The van der Waals surface area contributed by atoms with Gasteiger partial charge >= 0.3 is 6.09 Å². The van der Waals surface area contributed by atoms with Crippen LogP contribution < -0.4 is 0 Å². The number of carbonyl (C=O) groups is 2. The molecule has 1 saturated carbocycles. The van der Waals surface area contributed by atoms with Crippen LogP contribution in [0.5, 0.6) is 0 Å². The van der Waals surface area contributed by atoms with Gasteiger partial charge in [0.15, 0.2) is 17.5 Å². The number of allylic oxidation sites excluding steroid dienone is 2. The van der Waals surface area contributed by atoms with Crippen LogP contribution in [0.4, 0.5) is 4.79 Å². The molecule has 7 atom stereocenters. The number of Topliss-reactive ketones (excluding diaryl/α,β-unsaturated/α-hetero) is 1. The molecule has 7 heteroatoms. The van der Waals surface area contributed by atoms with Gasteiger partial charge in [-0.05, 0) is 47.8 Å². The third-order valence-electron chi connectivity index (χ3n) is 9.15. The Morgan fingerprint density at radius 3 is 2.44 bits per heavy atom. The summed E-state index contributed by atoms with van der Waals surface area (Å²) in [5.41, 5.74) is -1.66. The summed E-state index contributed by atoms with van der Waals surface area (Å²) < 4.78 is 5.87. The first-order valence-electron chi connectivity index (χ1n) is 12.5. The zero-order valence-electron chi connectivity index (χ0n) is 21.4. The monoisotopic (exact) mass is 493 g/mol. The van der Waals surface area contributed by atoms with Crippen LogP contribution >= 0.6 is 0 Å². The Kier molecular flexibility index (Phi) is 5.63. The van der Waals surface area contributed by atoms with Crippen LogP contribution in [-0.2, 0) is 16.1 Å². The Labute approximate surface area is 211 Å². The number of amides is 1. The van der Waals surface area contributed by atoms with E-state index in [1.807, 2.05) is 43.3 Å². The first-order valence-corrected chi connectivity index (χ1v) is 12.5. The van der Waals surface area contributed by atoms with Gasteiger partial charge in [0.05, 0.1) is 6.61 Å². The third kappa shape index (κ3) is 3.15. The maximum absolute atomic E-state index is 14.3. The summed E-state index contributed by atoms with van der Waals surface area (Å²) in [5, 5.41) is 34.1. The van der Waals surface area contributed by atoms with Crippen LogP contribution in [0.2, 0.25) is 0 Å². The van der Waals surface area contributed by atoms with Gasteiger partial charge in [-0.3, -0.25) is 4.79 Å². The van der Waals surface area contributed by atoms with E-state index in [4.69, 9.17) is 4.74 Å². The molecule has 7 nitrogen and oxygen atoms in total. The highest BCUT2D eigenvalue weighted by molar-refractivity contribution is 5.98. The molecule has 1 aromatic carbocycles. The number of hydrogen-bond acceptors (Lipinski definition) is 6. The molecule has 0 unspecified atom stereocenters. The van der Waals surface area contributed by atoms with Crippen LogP contribution in [0.3, 0.4) is 0 Å². The standard InChI is InChI=1S/C29H35NO6/c1-16-13-28-17(2)11-21-22(27(21,3)4)20(24(28)33)12-19(15-31)23(32)29(28,35)25(16)36-26(34)30(5)14-18-9-7-6-8-10-18/h6-13,20-23,25,31-32,35H,14-15H2,1-5H3/t20-,21+,22-,23+,25-,28-,29-/m0/s1. The fourth-order valence-corrected chi connectivity index (χ4v) is 7.11. The molecule has 192 valence electrons. The molecular formula is C29H35NO6. The molecule has 36 heavy (non-hydrogen) atoms. The van der Waals surface area contributed by atoms with Crippen molar-refractivity contribution in [2.75, 3.05) is 13.7 Å². The molecular weight excluding hydrogens is 458 g/mol. The lowest BCUT2D eigenvalue weighted by atomic mass is 9.62. The predicted molar refractivity (Wildman–Crippen MR) is 134 cm³/mol. The smallest absolute Gasteiger partial charge is 0.410 e. The van der Waals surface area contributed by atoms with Crippen molar-refractivity contribution in [3.8, 4) is 0 Å². The van der Waals surface area contributed by atoms with Crippen molar-refractivity contribution in [3.05, 3.63) is 70.8 Å². The number of rotatable bonds is 4. The fraction of sp³-hybridized carbons (Fsp3) is 0.517. The topological polar surface area (TPSA) is 107 Å².